The van der Waals surface area contributed by atoms with Crippen LogP contribution in [0.1, 0.15) is 19.8 Å². The second-order valence-electron chi connectivity index (χ2n) is 3.12. The highest BCUT2D eigenvalue weighted by Crippen LogP contribution is 2.28. The van der Waals surface area contributed by atoms with Crippen LogP contribution < -0.4 is 5.32 Å². The molecule has 2 atom stereocenters. The Morgan fingerprint density at radius 1 is 1.60 bits per heavy atom. The maximum absolute atomic E-state index is 4.93. The van der Waals surface area contributed by atoms with Gasteiger partial charge >= 0.3 is 0 Å². The lowest BCUT2D eigenvalue weighted by Gasteiger charge is -2.00. The van der Waals surface area contributed by atoms with E-state index >= 15 is 0 Å². The molecule has 2 heteroatoms. The van der Waals surface area contributed by atoms with E-state index in [4.69, 9.17) is 4.74 Å². The highest BCUT2D eigenvalue weighted by Gasteiger charge is 2.31. The zero-order chi connectivity index (χ0) is 7.40. The van der Waals surface area contributed by atoms with E-state index in [1.165, 1.54) is 6.42 Å². The standard InChI is InChI=1S/C8H17NO/c1-7-6-8(7)9-4-3-5-10-2/h7-9H,3-6H2,1-2H3. The Balaban J connectivity index is 1.78. The zero-order valence-corrected chi connectivity index (χ0v) is 6.89. The number of hydrogen-bond donors (Lipinski definition) is 1. The fourth-order valence-corrected chi connectivity index (χ4v) is 1.11. The van der Waals surface area contributed by atoms with E-state index in [2.05, 4.69) is 12.2 Å². The summed E-state index contributed by atoms with van der Waals surface area (Å²) >= 11 is 0. The molecule has 1 N–H and O–H groups in total. The van der Waals surface area contributed by atoms with Gasteiger partial charge in [-0.1, -0.05) is 6.92 Å². The maximum Gasteiger partial charge on any atom is 0.0474 e. The Kier molecular flexibility index (Phi) is 3.16. The first-order valence-electron chi connectivity index (χ1n) is 4.07. The molecule has 0 aliphatic heterocycles. The predicted molar refractivity (Wildman–Crippen MR) is 42.1 cm³/mol. The van der Waals surface area contributed by atoms with E-state index in [9.17, 15) is 0 Å². The molecule has 0 radical (unpaired) electrons. The van der Waals surface area contributed by atoms with E-state index in [1.54, 1.807) is 7.11 Å². The first-order chi connectivity index (χ1) is 4.84. The lowest BCUT2D eigenvalue weighted by Crippen LogP contribution is -2.20. The van der Waals surface area contributed by atoms with Crippen molar-refractivity contribution in [1.29, 1.82) is 0 Å². The molecule has 2 nitrogen and oxygen atoms in total. The first-order valence-corrected chi connectivity index (χ1v) is 4.07. The third-order valence-corrected chi connectivity index (χ3v) is 2.04. The van der Waals surface area contributed by atoms with E-state index in [-0.39, 0.29) is 0 Å². The molecule has 0 spiro atoms. The highest BCUT2D eigenvalue weighted by atomic mass is 16.5. The monoisotopic (exact) mass is 143 g/mol. The van der Waals surface area contributed by atoms with Crippen molar-refractivity contribution in [3.63, 3.8) is 0 Å². The minimum absolute atomic E-state index is 0.817. The van der Waals surface area contributed by atoms with Crippen LogP contribution in [-0.2, 0) is 4.74 Å². The molecule has 0 aromatic carbocycles. The van der Waals surface area contributed by atoms with Crippen molar-refractivity contribution >= 4 is 0 Å². The number of nitrogens with one attached hydrogen (secondary N) is 1. The smallest absolute Gasteiger partial charge is 0.0474 e. The number of hydrogen-bond acceptors (Lipinski definition) is 2. The van der Waals surface area contributed by atoms with Crippen LogP contribution in [0.5, 0.6) is 0 Å². The SMILES string of the molecule is COCCCNC1CC1C. The van der Waals surface area contributed by atoms with Gasteiger partial charge in [0.1, 0.15) is 0 Å². The molecule has 0 aromatic heterocycles. The molecule has 0 saturated heterocycles. The van der Waals surface area contributed by atoms with Crippen molar-refractivity contribution in [1.82, 2.24) is 5.32 Å². The van der Waals surface area contributed by atoms with Crippen LogP contribution in [0.3, 0.4) is 0 Å². The van der Waals surface area contributed by atoms with Crippen LogP contribution >= 0.6 is 0 Å². The van der Waals surface area contributed by atoms with Crippen LogP contribution in [0.4, 0.5) is 0 Å². The molecule has 1 saturated carbocycles. The number of methoxy groups -OCH3 is 1. The molecule has 1 fully saturated rings. The summed E-state index contributed by atoms with van der Waals surface area (Å²) in [5.74, 6) is 0.919. The summed E-state index contributed by atoms with van der Waals surface area (Å²) in [6.45, 7) is 4.28. The molecule has 1 aliphatic rings. The maximum atomic E-state index is 4.93. The lowest BCUT2D eigenvalue weighted by molar-refractivity contribution is 0.194. The second kappa shape index (κ2) is 3.94. The molecule has 0 amide bonds. The van der Waals surface area contributed by atoms with E-state index < -0.39 is 0 Å². The normalized spacial score (nSPS) is 30.6. The highest BCUT2D eigenvalue weighted by molar-refractivity contribution is 4.89. The van der Waals surface area contributed by atoms with Crippen molar-refractivity contribution in [3.8, 4) is 0 Å². The van der Waals surface area contributed by atoms with Crippen molar-refractivity contribution in [2.24, 2.45) is 5.92 Å². The molecular weight excluding hydrogens is 126 g/mol. The molecule has 10 heavy (non-hydrogen) atoms. The van der Waals surface area contributed by atoms with Gasteiger partial charge in [0.25, 0.3) is 0 Å². The average molecular weight is 143 g/mol. The van der Waals surface area contributed by atoms with Gasteiger partial charge in [-0.2, -0.15) is 0 Å². The topological polar surface area (TPSA) is 21.3 Å². The zero-order valence-electron chi connectivity index (χ0n) is 6.89. The average Bonchev–Trinajstić information content (AvgIpc) is 2.60. The molecule has 0 heterocycles. The molecule has 1 aliphatic carbocycles. The summed E-state index contributed by atoms with van der Waals surface area (Å²) in [5, 5.41) is 3.46. The summed E-state index contributed by atoms with van der Waals surface area (Å²) in [6.07, 6.45) is 2.51. The van der Waals surface area contributed by atoms with Gasteiger partial charge in [0, 0.05) is 19.8 Å². The summed E-state index contributed by atoms with van der Waals surface area (Å²) in [4.78, 5) is 0. The van der Waals surface area contributed by atoms with E-state index in [0.29, 0.717) is 0 Å². The van der Waals surface area contributed by atoms with Crippen LogP contribution in [-0.4, -0.2) is 26.3 Å². The molecule has 0 bridgehead atoms. The largest absolute Gasteiger partial charge is 0.385 e. The summed E-state index contributed by atoms with van der Waals surface area (Å²) < 4.78 is 4.93. The van der Waals surface area contributed by atoms with Crippen molar-refractivity contribution < 1.29 is 4.74 Å². The van der Waals surface area contributed by atoms with Gasteiger partial charge in [-0.3, -0.25) is 0 Å². The van der Waals surface area contributed by atoms with Crippen molar-refractivity contribution in [3.05, 3.63) is 0 Å². The molecule has 2 unspecified atom stereocenters. The van der Waals surface area contributed by atoms with E-state index in [0.717, 1.165) is 31.5 Å². The van der Waals surface area contributed by atoms with E-state index in [1.807, 2.05) is 0 Å². The number of rotatable bonds is 5. The van der Waals surface area contributed by atoms with Gasteiger partial charge in [0.15, 0.2) is 0 Å². The minimum Gasteiger partial charge on any atom is -0.385 e. The molecule has 60 valence electrons. The second-order valence-corrected chi connectivity index (χ2v) is 3.12. The third kappa shape index (κ3) is 2.67. The fourth-order valence-electron chi connectivity index (χ4n) is 1.11. The van der Waals surface area contributed by atoms with Crippen LogP contribution in [0.2, 0.25) is 0 Å². The molecule has 1 rings (SSSR count). The van der Waals surface area contributed by atoms with Crippen LogP contribution in [0.25, 0.3) is 0 Å². The first kappa shape index (κ1) is 8.02. The van der Waals surface area contributed by atoms with Gasteiger partial charge in [-0.15, -0.1) is 0 Å². The lowest BCUT2D eigenvalue weighted by atomic mass is 10.4. The van der Waals surface area contributed by atoms with Crippen molar-refractivity contribution in [2.75, 3.05) is 20.3 Å². The Morgan fingerprint density at radius 3 is 2.80 bits per heavy atom. The van der Waals surface area contributed by atoms with Gasteiger partial charge in [0.2, 0.25) is 0 Å². The van der Waals surface area contributed by atoms with Gasteiger partial charge in [0.05, 0.1) is 0 Å². The third-order valence-electron chi connectivity index (χ3n) is 2.04. The summed E-state index contributed by atoms with van der Waals surface area (Å²) in [7, 11) is 1.75. The van der Waals surface area contributed by atoms with Crippen molar-refractivity contribution in [2.45, 2.75) is 25.8 Å². The van der Waals surface area contributed by atoms with Gasteiger partial charge in [-0.05, 0) is 25.3 Å². The van der Waals surface area contributed by atoms with Crippen LogP contribution in [0.15, 0.2) is 0 Å². The minimum atomic E-state index is 0.817. The Bertz CT molecular complexity index is 95.3. The van der Waals surface area contributed by atoms with Gasteiger partial charge in [-0.25, -0.2) is 0 Å². The number of ether oxygens (including phenoxy) is 1. The summed E-state index contributed by atoms with van der Waals surface area (Å²) in [6, 6.07) is 0.817. The Morgan fingerprint density at radius 2 is 2.30 bits per heavy atom. The Labute approximate surface area is 63.0 Å². The fraction of sp³-hybridized carbons (Fsp3) is 1.00. The quantitative estimate of drug-likeness (QED) is 0.580. The Hall–Kier alpha value is -0.0800. The summed E-state index contributed by atoms with van der Waals surface area (Å²) in [5.41, 5.74) is 0. The molecule has 0 aromatic rings. The van der Waals surface area contributed by atoms with Gasteiger partial charge < -0.3 is 10.1 Å². The predicted octanol–water partition coefficient (Wildman–Crippen LogP) is 1.02. The molecular formula is C8H17NO. The van der Waals surface area contributed by atoms with Crippen LogP contribution in [0, 0.1) is 5.92 Å².